The quantitative estimate of drug-likeness (QED) is 0.508. The molecule has 26 heavy (non-hydrogen) atoms. The molecule has 0 saturated carbocycles. The molecule has 1 heterocycles. The Bertz CT molecular complexity index is 799. The van der Waals surface area contributed by atoms with Crippen LogP contribution >= 0.6 is 0 Å². The minimum Gasteiger partial charge on any atom is -0.504 e. The molecule has 8 heteroatoms. The first-order valence-electron chi connectivity index (χ1n) is 7.93. The number of rotatable bonds is 4. The summed E-state index contributed by atoms with van der Waals surface area (Å²) in [5.41, 5.74) is 1.16. The number of hydrogen-bond donors (Lipinski definition) is 5. The lowest BCUT2D eigenvalue weighted by atomic mass is 10.0. The molecule has 2 amide bonds. The van der Waals surface area contributed by atoms with E-state index in [2.05, 4.69) is 5.32 Å². The van der Waals surface area contributed by atoms with E-state index in [1.807, 2.05) is 0 Å². The molecule has 1 atom stereocenters. The molecule has 3 rings (SSSR count). The van der Waals surface area contributed by atoms with E-state index in [0.29, 0.717) is 11.1 Å². The molecule has 5 N–H and O–H groups in total. The number of nitrogens with zero attached hydrogens (tertiary/aromatic N) is 1. The van der Waals surface area contributed by atoms with Gasteiger partial charge in [-0.1, -0.05) is 12.1 Å². The Labute approximate surface area is 148 Å². The Morgan fingerprint density at radius 2 is 1.46 bits per heavy atom. The highest BCUT2D eigenvalue weighted by atomic mass is 16.3. The molecule has 8 nitrogen and oxygen atoms in total. The van der Waals surface area contributed by atoms with Gasteiger partial charge in [-0.05, 0) is 35.4 Å². The molecule has 1 saturated heterocycles. The van der Waals surface area contributed by atoms with Gasteiger partial charge in [0.05, 0.1) is 6.54 Å². The third-order valence-corrected chi connectivity index (χ3v) is 4.17. The van der Waals surface area contributed by atoms with Gasteiger partial charge in [0.1, 0.15) is 6.04 Å². The van der Waals surface area contributed by atoms with E-state index in [4.69, 9.17) is 0 Å². The average Bonchev–Trinajstić information content (AvgIpc) is 2.58. The van der Waals surface area contributed by atoms with Crippen molar-refractivity contribution in [1.82, 2.24) is 10.2 Å². The number of phenols is 4. The zero-order chi connectivity index (χ0) is 18.8. The number of piperazine rings is 1. The van der Waals surface area contributed by atoms with E-state index in [1.54, 1.807) is 12.1 Å². The summed E-state index contributed by atoms with van der Waals surface area (Å²) in [5, 5.41) is 40.5. The Hall–Kier alpha value is -3.42. The van der Waals surface area contributed by atoms with Crippen LogP contribution in [-0.2, 0) is 22.6 Å². The van der Waals surface area contributed by atoms with E-state index < -0.39 is 6.04 Å². The third kappa shape index (κ3) is 3.64. The van der Waals surface area contributed by atoms with Gasteiger partial charge in [-0.2, -0.15) is 0 Å². The molecule has 0 spiro atoms. The Morgan fingerprint density at radius 3 is 2.08 bits per heavy atom. The van der Waals surface area contributed by atoms with Crippen molar-refractivity contribution in [2.45, 2.75) is 19.0 Å². The van der Waals surface area contributed by atoms with Crippen LogP contribution in [0.5, 0.6) is 23.0 Å². The average molecular weight is 358 g/mol. The Balaban J connectivity index is 1.75. The summed E-state index contributed by atoms with van der Waals surface area (Å²) in [7, 11) is 0. The standard InChI is InChI=1S/C18H18N2O6/c21-13-3-1-10(6-15(13)23)5-12-18(26)20(9-17(25)19-12)8-11-2-4-14(22)16(24)7-11/h1-4,6-7,12,21-24H,5,8-9H2,(H,19,25). The van der Waals surface area contributed by atoms with E-state index in [1.165, 1.54) is 29.2 Å². The first-order chi connectivity index (χ1) is 12.3. The van der Waals surface area contributed by atoms with E-state index in [0.717, 1.165) is 0 Å². The SMILES string of the molecule is O=C1CN(Cc2ccc(O)c(O)c2)C(=O)C(Cc2ccc(O)c(O)c2)N1. The maximum absolute atomic E-state index is 12.7. The number of carbonyl (C=O) groups is 2. The largest absolute Gasteiger partial charge is 0.504 e. The van der Waals surface area contributed by atoms with Crippen molar-refractivity contribution in [3.63, 3.8) is 0 Å². The molecule has 136 valence electrons. The Kier molecular flexibility index (Phi) is 4.57. The summed E-state index contributed by atoms with van der Waals surface area (Å²) in [4.78, 5) is 26.0. The van der Waals surface area contributed by atoms with Gasteiger partial charge in [0.2, 0.25) is 11.8 Å². The van der Waals surface area contributed by atoms with Gasteiger partial charge < -0.3 is 30.6 Å². The predicted molar refractivity (Wildman–Crippen MR) is 90.6 cm³/mol. The number of nitrogens with one attached hydrogen (secondary N) is 1. The van der Waals surface area contributed by atoms with Crippen LogP contribution in [0.1, 0.15) is 11.1 Å². The number of phenolic OH excluding ortho intramolecular Hbond substituents is 4. The van der Waals surface area contributed by atoms with E-state index >= 15 is 0 Å². The molecular formula is C18H18N2O6. The zero-order valence-corrected chi connectivity index (χ0v) is 13.7. The normalized spacial score (nSPS) is 17.2. The van der Waals surface area contributed by atoms with E-state index in [-0.39, 0.29) is 54.3 Å². The highest BCUT2D eigenvalue weighted by Gasteiger charge is 2.32. The summed E-state index contributed by atoms with van der Waals surface area (Å²) < 4.78 is 0. The molecule has 0 aromatic heterocycles. The second-order valence-corrected chi connectivity index (χ2v) is 6.16. The van der Waals surface area contributed by atoms with Gasteiger partial charge in [0, 0.05) is 13.0 Å². The van der Waals surface area contributed by atoms with Crippen molar-refractivity contribution in [3.8, 4) is 23.0 Å². The van der Waals surface area contributed by atoms with Crippen molar-refractivity contribution in [2.24, 2.45) is 0 Å². The highest BCUT2D eigenvalue weighted by molar-refractivity contribution is 5.95. The fourth-order valence-electron chi connectivity index (χ4n) is 2.86. The van der Waals surface area contributed by atoms with Crippen LogP contribution in [0.25, 0.3) is 0 Å². The van der Waals surface area contributed by atoms with Crippen molar-refractivity contribution in [2.75, 3.05) is 6.54 Å². The fraction of sp³-hybridized carbons (Fsp3) is 0.222. The van der Waals surface area contributed by atoms with Crippen LogP contribution in [0.4, 0.5) is 0 Å². The molecule has 1 aliphatic rings. The summed E-state index contributed by atoms with van der Waals surface area (Å²) in [6.45, 7) is -0.00474. The van der Waals surface area contributed by atoms with E-state index in [9.17, 15) is 30.0 Å². The minimum atomic E-state index is -0.800. The molecule has 1 fully saturated rings. The van der Waals surface area contributed by atoms with Crippen molar-refractivity contribution < 1.29 is 30.0 Å². The van der Waals surface area contributed by atoms with Gasteiger partial charge in [-0.25, -0.2) is 0 Å². The summed E-state index contributed by atoms with van der Waals surface area (Å²) in [6.07, 6.45) is 0.162. The monoisotopic (exact) mass is 358 g/mol. The van der Waals surface area contributed by atoms with Crippen LogP contribution in [0.15, 0.2) is 36.4 Å². The molecule has 1 unspecified atom stereocenters. The predicted octanol–water partition coefficient (Wildman–Crippen LogP) is 0.579. The maximum atomic E-state index is 12.7. The van der Waals surface area contributed by atoms with Crippen molar-refractivity contribution in [1.29, 1.82) is 0 Å². The molecular weight excluding hydrogens is 340 g/mol. The van der Waals surface area contributed by atoms with Crippen LogP contribution in [0.2, 0.25) is 0 Å². The van der Waals surface area contributed by atoms with Crippen LogP contribution in [0, 0.1) is 0 Å². The third-order valence-electron chi connectivity index (χ3n) is 4.17. The zero-order valence-electron chi connectivity index (χ0n) is 13.7. The number of benzene rings is 2. The van der Waals surface area contributed by atoms with Gasteiger partial charge >= 0.3 is 0 Å². The van der Waals surface area contributed by atoms with Gasteiger partial charge in [-0.3, -0.25) is 9.59 Å². The first kappa shape index (κ1) is 17.4. The fourth-order valence-corrected chi connectivity index (χ4v) is 2.86. The Morgan fingerprint density at radius 1 is 0.885 bits per heavy atom. The van der Waals surface area contributed by atoms with Crippen LogP contribution < -0.4 is 5.32 Å². The van der Waals surface area contributed by atoms with Crippen molar-refractivity contribution in [3.05, 3.63) is 47.5 Å². The summed E-state index contributed by atoms with van der Waals surface area (Å²) >= 11 is 0. The van der Waals surface area contributed by atoms with Crippen LogP contribution in [-0.4, -0.2) is 49.7 Å². The smallest absolute Gasteiger partial charge is 0.246 e. The van der Waals surface area contributed by atoms with Gasteiger partial charge in [-0.15, -0.1) is 0 Å². The lowest BCUT2D eigenvalue weighted by Crippen LogP contribution is -2.58. The van der Waals surface area contributed by atoms with Gasteiger partial charge in [0.25, 0.3) is 0 Å². The summed E-state index contributed by atoms with van der Waals surface area (Å²) in [5.74, 6) is -1.74. The highest BCUT2D eigenvalue weighted by Crippen LogP contribution is 2.27. The molecule has 2 aromatic carbocycles. The maximum Gasteiger partial charge on any atom is 0.246 e. The second kappa shape index (κ2) is 6.83. The lowest BCUT2D eigenvalue weighted by molar-refractivity contribution is -0.144. The number of aromatic hydroxyl groups is 4. The lowest BCUT2D eigenvalue weighted by Gasteiger charge is -2.32. The first-order valence-corrected chi connectivity index (χ1v) is 7.93. The second-order valence-electron chi connectivity index (χ2n) is 6.16. The molecule has 0 bridgehead atoms. The minimum absolute atomic E-state index is 0.109. The molecule has 0 radical (unpaired) electrons. The van der Waals surface area contributed by atoms with Crippen LogP contribution in [0.3, 0.4) is 0 Å². The molecule has 1 aliphatic heterocycles. The molecule has 2 aromatic rings. The summed E-state index contributed by atoms with van der Waals surface area (Å²) in [6, 6.07) is 7.62. The number of hydrogen-bond acceptors (Lipinski definition) is 6. The van der Waals surface area contributed by atoms with Gasteiger partial charge in [0.15, 0.2) is 23.0 Å². The molecule has 0 aliphatic carbocycles. The van der Waals surface area contributed by atoms with Crippen molar-refractivity contribution >= 4 is 11.8 Å². The number of carbonyl (C=O) groups excluding carboxylic acids is 2. The topological polar surface area (TPSA) is 130 Å². The number of amides is 2.